The van der Waals surface area contributed by atoms with Gasteiger partial charge in [-0.1, -0.05) is 35.9 Å². The Hall–Kier alpha value is -1.63. The lowest BCUT2D eigenvalue weighted by molar-refractivity contribution is 0.839. The van der Waals surface area contributed by atoms with Crippen molar-refractivity contribution in [2.75, 3.05) is 13.1 Å². The molecule has 0 atom stereocenters. The zero-order valence-electron chi connectivity index (χ0n) is 12.8. The van der Waals surface area contributed by atoms with Crippen LogP contribution >= 0.6 is 24.0 Å². The maximum Gasteiger partial charge on any atom is 0.188 e. The largest absolute Gasteiger partial charge is 0.370 e. The Morgan fingerprint density at radius 1 is 1.18 bits per heavy atom. The van der Waals surface area contributed by atoms with Gasteiger partial charge in [-0.05, 0) is 31.0 Å². The second-order valence-corrected chi connectivity index (χ2v) is 5.00. The number of guanidine groups is 1. The van der Waals surface area contributed by atoms with Crippen molar-refractivity contribution in [1.29, 1.82) is 0 Å². The van der Waals surface area contributed by atoms with Crippen LogP contribution < -0.4 is 11.1 Å². The maximum absolute atomic E-state index is 5.85. The van der Waals surface area contributed by atoms with Crippen molar-refractivity contribution in [3.63, 3.8) is 0 Å². The third-order valence-corrected chi connectivity index (χ3v) is 3.18. The number of benzene rings is 1. The van der Waals surface area contributed by atoms with Crippen LogP contribution in [0, 0.1) is 6.92 Å². The first-order valence-electron chi connectivity index (χ1n) is 7.23. The van der Waals surface area contributed by atoms with Crippen LogP contribution in [0.15, 0.2) is 53.7 Å². The Kier molecular flexibility index (Phi) is 8.50. The van der Waals surface area contributed by atoms with Crippen molar-refractivity contribution in [3.8, 4) is 0 Å². The average Bonchev–Trinajstić information content (AvgIpc) is 2.48. The molecule has 0 amide bonds. The van der Waals surface area contributed by atoms with Crippen LogP contribution in [0.5, 0.6) is 0 Å². The summed E-state index contributed by atoms with van der Waals surface area (Å²) >= 11 is 0. The predicted octanol–water partition coefficient (Wildman–Crippen LogP) is 2.70. The van der Waals surface area contributed by atoms with E-state index in [1.54, 1.807) is 6.20 Å². The SMILES string of the molecule is Cc1cccc(CCNC(N)=NCCc2ccccn2)c1.I. The van der Waals surface area contributed by atoms with Crippen molar-refractivity contribution in [2.24, 2.45) is 10.7 Å². The molecule has 0 saturated heterocycles. The summed E-state index contributed by atoms with van der Waals surface area (Å²) < 4.78 is 0. The van der Waals surface area contributed by atoms with Gasteiger partial charge >= 0.3 is 0 Å². The summed E-state index contributed by atoms with van der Waals surface area (Å²) in [6.45, 7) is 3.55. The number of nitrogens with zero attached hydrogens (tertiary/aromatic N) is 2. The summed E-state index contributed by atoms with van der Waals surface area (Å²) in [6.07, 6.45) is 3.54. The van der Waals surface area contributed by atoms with Crippen LogP contribution in [-0.2, 0) is 12.8 Å². The zero-order valence-corrected chi connectivity index (χ0v) is 15.2. The smallest absolute Gasteiger partial charge is 0.188 e. The van der Waals surface area contributed by atoms with E-state index in [9.17, 15) is 0 Å². The van der Waals surface area contributed by atoms with E-state index in [1.165, 1.54) is 11.1 Å². The quantitative estimate of drug-likeness (QED) is 0.437. The lowest BCUT2D eigenvalue weighted by atomic mass is 10.1. The molecular formula is C17H23IN4. The molecule has 118 valence electrons. The molecule has 0 bridgehead atoms. The van der Waals surface area contributed by atoms with Crippen LogP contribution in [0.1, 0.15) is 16.8 Å². The van der Waals surface area contributed by atoms with Crippen molar-refractivity contribution >= 4 is 29.9 Å². The second-order valence-electron chi connectivity index (χ2n) is 5.00. The standard InChI is InChI=1S/C17H22N4.HI/c1-14-5-4-6-15(13-14)8-11-20-17(18)21-12-9-16-7-2-3-10-19-16;/h2-7,10,13H,8-9,11-12H2,1H3,(H3,18,20,21);1H. The van der Waals surface area contributed by atoms with Gasteiger partial charge < -0.3 is 11.1 Å². The minimum Gasteiger partial charge on any atom is -0.370 e. The van der Waals surface area contributed by atoms with Gasteiger partial charge in [-0.25, -0.2) is 0 Å². The molecule has 0 fully saturated rings. The summed E-state index contributed by atoms with van der Waals surface area (Å²) in [7, 11) is 0. The van der Waals surface area contributed by atoms with E-state index in [0.717, 1.165) is 25.1 Å². The van der Waals surface area contributed by atoms with Crippen LogP contribution in [0.2, 0.25) is 0 Å². The third kappa shape index (κ3) is 6.89. The lowest BCUT2D eigenvalue weighted by Crippen LogP contribution is -2.33. The number of hydrogen-bond donors (Lipinski definition) is 2. The van der Waals surface area contributed by atoms with E-state index in [0.29, 0.717) is 12.5 Å². The number of aromatic nitrogens is 1. The number of rotatable bonds is 6. The first-order valence-corrected chi connectivity index (χ1v) is 7.23. The predicted molar refractivity (Wildman–Crippen MR) is 103 cm³/mol. The molecule has 0 spiro atoms. The topological polar surface area (TPSA) is 63.3 Å². The number of hydrogen-bond acceptors (Lipinski definition) is 2. The van der Waals surface area contributed by atoms with E-state index >= 15 is 0 Å². The average molecular weight is 410 g/mol. The second kappa shape index (κ2) is 10.2. The summed E-state index contributed by atoms with van der Waals surface area (Å²) in [5, 5.41) is 3.14. The number of aryl methyl sites for hydroxylation is 1. The van der Waals surface area contributed by atoms with Gasteiger partial charge in [0.15, 0.2) is 5.96 Å². The van der Waals surface area contributed by atoms with Gasteiger partial charge in [-0.15, -0.1) is 24.0 Å². The molecule has 4 nitrogen and oxygen atoms in total. The van der Waals surface area contributed by atoms with E-state index in [4.69, 9.17) is 5.73 Å². The minimum atomic E-state index is 0. The van der Waals surface area contributed by atoms with Gasteiger partial charge in [0.05, 0.1) is 0 Å². The first kappa shape index (κ1) is 18.4. The summed E-state index contributed by atoms with van der Waals surface area (Å²) in [6, 6.07) is 14.4. The van der Waals surface area contributed by atoms with Gasteiger partial charge in [0, 0.05) is 31.4 Å². The normalized spacial score (nSPS) is 10.9. The van der Waals surface area contributed by atoms with E-state index in [-0.39, 0.29) is 24.0 Å². The molecule has 0 saturated carbocycles. The highest BCUT2D eigenvalue weighted by Gasteiger charge is 1.96. The Bertz CT molecular complexity index is 584. The molecule has 0 aliphatic heterocycles. The Labute approximate surface area is 149 Å². The molecular weight excluding hydrogens is 387 g/mol. The first-order chi connectivity index (χ1) is 10.2. The monoisotopic (exact) mass is 410 g/mol. The number of aliphatic imine (C=N–C) groups is 1. The fraction of sp³-hybridized carbons (Fsp3) is 0.294. The number of nitrogens with one attached hydrogen (secondary N) is 1. The third-order valence-electron chi connectivity index (χ3n) is 3.18. The zero-order chi connectivity index (χ0) is 14.9. The molecule has 1 aromatic carbocycles. The maximum atomic E-state index is 5.85. The van der Waals surface area contributed by atoms with Crippen LogP contribution in [0.3, 0.4) is 0 Å². The van der Waals surface area contributed by atoms with Crippen LogP contribution in [0.25, 0.3) is 0 Å². The van der Waals surface area contributed by atoms with Gasteiger partial charge in [0.2, 0.25) is 0 Å². The molecule has 2 aromatic rings. The Morgan fingerprint density at radius 3 is 2.77 bits per heavy atom. The van der Waals surface area contributed by atoms with Gasteiger partial charge in [-0.2, -0.15) is 0 Å². The summed E-state index contributed by atoms with van der Waals surface area (Å²) in [4.78, 5) is 8.57. The van der Waals surface area contributed by atoms with Crippen molar-refractivity contribution in [2.45, 2.75) is 19.8 Å². The van der Waals surface area contributed by atoms with Crippen molar-refractivity contribution < 1.29 is 0 Å². The highest BCUT2D eigenvalue weighted by molar-refractivity contribution is 14.0. The molecule has 3 N–H and O–H groups in total. The van der Waals surface area contributed by atoms with Crippen LogP contribution in [0.4, 0.5) is 0 Å². The van der Waals surface area contributed by atoms with Crippen LogP contribution in [-0.4, -0.2) is 24.0 Å². The van der Waals surface area contributed by atoms with E-state index in [2.05, 4.69) is 46.5 Å². The molecule has 0 aliphatic carbocycles. The fourth-order valence-corrected chi connectivity index (χ4v) is 2.10. The van der Waals surface area contributed by atoms with Gasteiger partial charge in [0.25, 0.3) is 0 Å². The molecule has 1 aromatic heterocycles. The van der Waals surface area contributed by atoms with E-state index in [1.807, 2.05) is 18.2 Å². The van der Waals surface area contributed by atoms with E-state index < -0.39 is 0 Å². The highest BCUT2D eigenvalue weighted by Crippen LogP contribution is 2.03. The lowest BCUT2D eigenvalue weighted by Gasteiger charge is -2.06. The van der Waals surface area contributed by atoms with Crippen molar-refractivity contribution in [3.05, 3.63) is 65.5 Å². The molecule has 22 heavy (non-hydrogen) atoms. The van der Waals surface area contributed by atoms with Gasteiger partial charge in [0.1, 0.15) is 0 Å². The Morgan fingerprint density at radius 2 is 2.05 bits per heavy atom. The molecule has 2 rings (SSSR count). The molecule has 0 unspecified atom stereocenters. The van der Waals surface area contributed by atoms with Crippen molar-refractivity contribution in [1.82, 2.24) is 10.3 Å². The summed E-state index contributed by atoms with van der Waals surface area (Å²) in [5.41, 5.74) is 9.48. The highest BCUT2D eigenvalue weighted by atomic mass is 127. The molecule has 0 radical (unpaired) electrons. The Balaban J connectivity index is 0.00000242. The molecule has 0 aliphatic rings. The number of pyridine rings is 1. The number of halogens is 1. The minimum absolute atomic E-state index is 0. The fourth-order valence-electron chi connectivity index (χ4n) is 2.10. The summed E-state index contributed by atoms with van der Waals surface area (Å²) in [5.74, 6) is 0.499. The molecule has 1 heterocycles. The molecule has 5 heteroatoms. The number of nitrogens with two attached hydrogens (primary N) is 1. The van der Waals surface area contributed by atoms with Gasteiger partial charge in [-0.3, -0.25) is 9.98 Å².